The van der Waals surface area contributed by atoms with Crippen LogP contribution in [0.1, 0.15) is 41.3 Å². The quantitative estimate of drug-likeness (QED) is 0.531. The van der Waals surface area contributed by atoms with E-state index in [2.05, 4.69) is 33.8 Å². The Morgan fingerprint density at radius 1 is 1.19 bits per heavy atom. The number of carbonyl (C=O) groups is 1. The average molecular weight is 483 g/mol. The summed E-state index contributed by atoms with van der Waals surface area (Å²) in [5, 5.41) is 19.2. The van der Waals surface area contributed by atoms with Gasteiger partial charge >= 0.3 is 0 Å². The van der Waals surface area contributed by atoms with Crippen LogP contribution in [0.5, 0.6) is 0 Å². The molecule has 0 unspecified atom stereocenters. The van der Waals surface area contributed by atoms with E-state index in [1.807, 2.05) is 40.6 Å². The van der Waals surface area contributed by atoms with Crippen molar-refractivity contribution in [3.05, 3.63) is 59.7 Å². The Labute approximate surface area is 210 Å². The lowest BCUT2D eigenvalue weighted by atomic mass is 9.79. The molecule has 0 radical (unpaired) electrons. The van der Waals surface area contributed by atoms with Crippen LogP contribution in [0.15, 0.2) is 37.2 Å². The van der Waals surface area contributed by atoms with Gasteiger partial charge in [0.25, 0.3) is 0 Å². The highest BCUT2D eigenvalue weighted by molar-refractivity contribution is 5.88. The predicted octanol–water partition coefficient (Wildman–Crippen LogP) is 2.58. The second-order valence-corrected chi connectivity index (χ2v) is 10.5. The second kappa shape index (κ2) is 8.33. The predicted molar refractivity (Wildman–Crippen MR) is 135 cm³/mol. The van der Waals surface area contributed by atoms with Crippen molar-refractivity contribution in [2.45, 2.75) is 31.6 Å². The average Bonchev–Trinajstić information content (AvgIpc) is 3.60. The number of carbonyl (C=O) groups excluding carboxylic acids is 1. The van der Waals surface area contributed by atoms with Crippen molar-refractivity contribution in [2.24, 2.45) is 19.5 Å². The van der Waals surface area contributed by atoms with Gasteiger partial charge in [-0.1, -0.05) is 6.58 Å². The normalized spacial score (nSPS) is 20.2. The number of anilines is 1. The third-order valence-electron chi connectivity index (χ3n) is 8.29. The summed E-state index contributed by atoms with van der Waals surface area (Å²) in [4.78, 5) is 21.3. The topological polar surface area (TPSA) is 95.9 Å². The monoisotopic (exact) mass is 482 g/mol. The summed E-state index contributed by atoms with van der Waals surface area (Å²) in [6.07, 6.45) is 8.67. The lowest BCUT2D eigenvalue weighted by molar-refractivity contribution is -0.136. The number of aryl methyl sites for hydroxylation is 2. The van der Waals surface area contributed by atoms with E-state index in [-0.39, 0.29) is 11.3 Å². The van der Waals surface area contributed by atoms with Crippen molar-refractivity contribution >= 4 is 11.7 Å². The van der Waals surface area contributed by atoms with E-state index < -0.39 is 0 Å². The Morgan fingerprint density at radius 2 is 1.97 bits per heavy atom. The van der Waals surface area contributed by atoms with Gasteiger partial charge in [0.15, 0.2) is 0 Å². The van der Waals surface area contributed by atoms with Crippen LogP contribution < -0.4 is 4.90 Å². The summed E-state index contributed by atoms with van der Waals surface area (Å²) in [6, 6.07) is 6.60. The number of pyridine rings is 1. The van der Waals surface area contributed by atoms with Crippen molar-refractivity contribution in [3.8, 4) is 17.3 Å². The van der Waals surface area contributed by atoms with Crippen molar-refractivity contribution in [2.75, 3.05) is 31.1 Å². The SMILES string of the molecule is C=CC(=O)N1CC2(CCN(c3nc4c(c(-c5ccnn5C)c3C#N)CC[C@@H](c3ccnn3C)C4)C2)C1. The Kier molecular flexibility index (Phi) is 5.21. The van der Waals surface area contributed by atoms with Gasteiger partial charge in [0, 0.05) is 81.0 Å². The van der Waals surface area contributed by atoms with Gasteiger partial charge in [0.1, 0.15) is 17.5 Å². The maximum absolute atomic E-state index is 12.0. The van der Waals surface area contributed by atoms with Crippen LogP contribution in [0.4, 0.5) is 5.82 Å². The number of likely N-dealkylation sites (tertiary alicyclic amines) is 1. The number of fused-ring (bicyclic) bond motifs is 1. The fourth-order valence-corrected chi connectivity index (χ4v) is 6.45. The zero-order chi connectivity index (χ0) is 25.0. The summed E-state index contributed by atoms with van der Waals surface area (Å²) in [5.41, 5.74) is 6.06. The molecule has 9 heteroatoms. The van der Waals surface area contributed by atoms with Gasteiger partial charge in [-0.05, 0) is 49.5 Å². The number of rotatable bonds is 4. The molecular weight excluding hydrogens is 452 g/mol. The Balaban J connectivity index is 1.41. The Hall–Kier alpha value is -3.93. The van der Waals surface area contributed by atoms with Crippen LogP contribution in [0, 0.1) is 16.7 Å². The summed E-state index contributed by atoms with van der Waals surface area (Å²) in [7, 11) is 3.92. The molecule has 1 atom stereocenters. The van der Waals surface area contributed by atoms with Crippen LogP contribution in [0.3, 0.4) is 0 Å². The van der Waals surface area contributed by atoms with Crippen molar-refractivity contribution in [3.63, 3.8) is 0 Å². The molecular formula is C27H30N8O. The third-order valence-corrected chi connectivity index (χ3v) is 8.29. The first kappa shape index (κ1) is 22.5. The van der Waals surface area contributed by atoms with E-state index in [0.717, 1.165) is 80.2 Å². The zero-order valence-electron chi connectivity index (χ0n) is 20.8. The zero-order valence-corrected chi connectivity index (χ0v) is 20.8. The summed E-state index contributed by atoms with van der Waals surface area (Å²) in [6.45, 7) is 6.71. The number of hydrogen-bond donors (Lipinski definition) is 0. The summed E-state index contributed by atoms with van der Waals surface area (Å²) >= 11 is 0. The van der Waals surface area contributed by atoms with Crippen LogP contribution in [-0.4, -0.2) is 61.5 Å². The largest absolute Gasteiger partial charge is 0.355 e. The van der Waals surface area contributed by atoms with Gasteiger partial charge < -0.3 is 9.80 Å². The molecule has 6 rings (SSSR count). The molecule has 9 nitrogen and oxygen atoms in total. The smallest absolute Gasteiger partial charge is 0.245 e. The van der Waals surface area contributed by atoms with Crippen LogP contribution in [0.2, 0.25) is 0 Å². The lowest BCUT2D eigenvalue weighted by Crippen LogP contribution is -2.59. The highest BCUT2D eigenvalue weighted by atomic mass is 16.2. The molecule has 2 fully saturated rings. The molecule has 36 heavy (non-hydrogen) atoms. The van der Waals surface area contributed by atoms with E-state index in [4.69, 9.17) is 4.98 Å². The van der Waals surface area contributed by atoms with Gasteiger partial charge in [0.2, 0.25) is 5.91 Å². The van der Waals surface area contributed by atoms with E-state index in [9.17, 15) is 10.1 Å². The molecule has 0 N–H and O–H groups in total. The molecule has 5 heterocycles. The molecule has 0 bridgehead atoms. The highest BCUT2D eigenvalue weighted by Gasteiger charge is 2.49. The Morgan fingerprint density at radius 3 is 2.64 bits per heavy atom. The van der Waals surface area contributed by atoms with Gasteiger partial charge in [-0.3, -0.25) is 14.2 Å². The minimum Gasteiger partial charge on any atom is -0.355 e. The van der Waals surface area contributed by atoms with Gasteiger partial charge in [0.05, 0.1) is 5.69 Å². The highest BCUT2D eigenvalue weighted by Crippen LogP contribution is 2.45. The Bertz CT molecular complexity index is 1400. The molecule has 0 aromatic carbocycles. The molecule has 3 aromatic rings. The van der Waals surface area contributed by atoms with Crippen LogP contribution in [0.25, 0.3) is 11.3 Å². The van der Waals surface area contributed by atoms with Crippen molar-refractivity contribution < 1.29 is 4.79 Å². The van der Waals surface area contributed by atoms with Gasteiger partial charge in [-0.2, -0.15) is 15.5 Å². The number of nitrogens with zero attached hydrogens (tertiary/aromatic N) is 8. The van der Waals surface area contributed by atoms with E-state index in [1.165, 1.54) is 11.8 Å². The molecule has 1 aliphatic carbocycles. The third kappa shape index (κ3) is 3.43. The fraction of sp³-hybridized carbons (Fsp3) is 0.444. The maximum atomic E-state index is 12.0. The first-order valence-corrected chi connectivity index (χ1v) is 12.5. The molecule has 2 aliphatic heterocycles. The number of hydrogen-bond acceptors (Lipinski definition) is 6. The van der Waals surface area contributed by atoms with Crippen LogP contribution in [-0.2, 0) is 31.7 Å². The molecule has 1 spiro atoms. The first-order valence-electron chi connectivity index (χ1n) is 12.5. The molecule has 1 amide bonds. The molecule has 184 valence electrons. The summed E-state index contributed by atoms with van der Waals surface area (Å²) in [5.74, 6) is 1.10. The number of amides is 1. The molecule has 0 saturated carbocycles. The minimum absolute atomic E-state index is 0.0107. The minimum atomic E-state index is -0.0107. The van der Waals surface area contributed by atoms with Gasteiger partial charge in [-0.25, -0.2) is 4.98 Å². The van der Waals surface area contributed by atoms with Crippen molar-refractivity contribution in [1.82, 2.24) is 29.4 Å². The van der Waals surface area contributed by atoms with Crippen molar-refractivity contribution in [1.29, 1.82) is 5.26 Å². The molecule has 2 saturated heterocycles. The van der Waals surface area contributed by atoms with E-state index >= 15 is 0 Å². The fourth-order valence-electron chi connectivity index (χ4n) is 6.45. The summed E-state index contributed by atoms with van der Waals surface area (Å²) < 4.78 is 3.81. The molecule has 3 aromatic heterocycles. The van der Waals surface area contributed by atoms with E-state index in [0.29, 0.717) is 11.5 Å². The second-order valence-electron chi connectivity index (χ2n) is 10.5. The number of aromatic nitrogens is 5. The van der Waals surface area contributed by atoms with Gasteiger partial charge in [-0.15, -0.1) is 0 Å². The number of nitriles is 1. The standard InChI is InChI=1S/C27H30N8O/c1-4-24(36)35-16-27(17-35)9-12-34(15-27)26-20(14-28)25(23-8-11-30-33(23)3)19-6-5-18(13-21(19)31-26)22-7-10-29-32(22)2/h4,7-8,10-11,18H,1,5-6,9,12-13,15-17H2,2-3H3/t18-/m1/s1. The van der Waals surface area contributed by atoms with E-state index in [1.54, 1.807) is 6.20 Å². The lowest BCUT2D eigenvalue weighted by Gasteiger charge is -2.47. The van der Waals surface area contributed by atoms with Crippen LogP contribution >= 0.6 is 0 Å². The first-order chi connectivity index (χ1) is 17.4. The molecule has 3 aliphatic rings. The maximum Gasteiger partial charge on any atom is 0.245 e.